The number of benzene rings is 1. The van der Waals surface area contributed by atoms with Gasteiger partial charge in [-0.3, -0.25) is 4.99 Å². The second kappa shape index (κ2) is 5.50. The van der Waals surface area contributed by atoms with Gasteiger partial charge in [0.05, 0.1) is 18.8 Å². The van der Waals surface area contributed by atoms with Gasteiger partial charge >= 0.3 is 0 Å². The van der Waals surface area contributed by atoms with Crippen molar-refractivity contribution in [2.75, 3.05) is 11.9 Å². The summed E-state index contributed by atoms with van der Waals surface area (Å²) in [6, 6.07) is 9.51. The minimum absolute atomic E-state index is 0.0672. The van der Waals surface area contributed by atoms with E-state index < -0.39 is 6.10 Å². The Kier molecular flexibility index (Phi) is 3.74. The third-order valence-electron chi connectivity index (χ3n) is 3.23. The lowest BCUT2D eigenvalue weighted by Crippen LogP contribution is -2.45. The van der Waals surface area contributed by atoms with Crippen LogP contribution in [-0.2, 0) is 4.74 Å². The van der Waals surface area contributed by atoms with Crippen LogP contribution in [0.3, 0.4) is 0 Å². The summed E-state index contributed by atoms with van der Waals surface area (Å²) in [6.45, 7) is -0.0672. The van der Waals surface area contributed by atoms with E-state index in [1.54, 1.807) is 0 Å². The Hall–Kier alpha value is -1.08. The summed E-state index contributed by atoms with van der Waals surface area (Å²) in [4.78, 5) is 4.47. The number of thioether (sulfide) groups is 1. The predicted octanol–water partition coefficient (Wildman–Crippen LogP) is 1.04. The highest BCUT2D eigenvalue weighted by Gasteiger charge is 2.42. The third kappa shape index (κ3) is 2.76. The number of para-hydroxylation sites is 1. The molecule has 102 valence electrons. The molecule has 0 amide bonds. The Morgan fingerprint density at radius 1 is 1.37 bits per heavy atom. The maximum Gasteiger partial charge on any atom is 0.164 e. The summed E-state index contributed by atoms with van der Waals surface area (Å²) in [5.74, 6) is 0. The molecule has 19 heavy (non-hydrogen) atoms. The van der Waals surface area contributed by atoms with Gasteiger partial charge in [0.15, 0.2) is 5.17 Å². The fraction of sp³-hybridized carbons (Fsp3) is 0.462. The fourth-order valence-electron chi connectivity index (χ4n) is 2.26. The van der Waals surface area contributed by atoms with Crippen LogP contribution in [0.2, 0.25) is 0 Å². The van der Waals surface area contributed by atoms with Crippen molar-refractivity contribution in [2.24, 2.45) is 4.99 Å². The van der Waals surface area contributed by atoms with Gasteiger partial charge in [-0.2, -0.15) is 0 Å². The molecule has 5 nitrogen and oxygen atoms in total. The largest absolute Gasteiger partial charge is 0.394 e. The summed E-state index contributed by atoms with van der Waals surface area (Å²) in [7, 11) is 0. The number of nitrogens with zero attached hydrogens (tertiary/aromatic N) is 1. The van der Waals surface area contributed by atoms with Crippen molar-refractivity contribution in [1.29, 1.82) is 0 Å². The van der Waals surface area contributed by atoms with Crippen LogP contribution in [0.4, 0.5) is 5.69 Å². The van der Waals surface area contributed by atoms with Crippen molar-refractivity contribution in [3.63, 3.8) is 0 Å². The molecule has 0 saturated carbocycles. The van der Waals surface area contributed by atoms with Crippen molar-refractivity contribution >= 4 is 22.6 Å². The number of hydrogen-bond acceptors (Lipinski definition) is 6. The van der Waals surface area contributed by atoms with Gasteiger partial charge in [-0.25, -0.2) is 0 Å². The van der Waals surface area contributed by atoms with Gasteiger partial charge in [-0.05, 0) is 12.1 Å². The highest BCUT2D eigenvalue weighted by atomic mass is 32.2. The first kappa shape index (κ1) is 12.9. The number of ether oxygens (including phenoxy) is 1. The lowest BCUT2D eigenvalue weighted by Gasteiger charge is -2.33. The molecule has 0 radical (unpaired) electrons. The molecule has 2 aliphatic heterocycles. The van der Waals surface area contributed by atoms with Gasteiger partial charge in [0.1, 0.15) is 11.5 Å². The molecular weight excluding hydrogens is 264 g/mol. The first-order chi connectivity index (χ1) is 9.26. The number of fused-ring (bicyclic) bond motifs is 1. The third-order valence-corrected chi connectivity index (χ3v) is 4.28. The smallest absolute Gasteiger partial charge is 0.164 e. The van der Waals surface area contributed by atoms with E-state index >= 15 is 0 Å². The Balaban J connectivity index is 1.69. The Bertz CT molecular complexity index is 468. The van der Waals surface area contributed by atoms with Crippen LogP contribution in [-0.4, -0.2) is 45.7 Å². The first-order valence-corrected chi connectivity index (χ1v) is 7.15. The normalized spacial score (nSPS) is 33.7. The summed E-state index contributed by atoms with van der Waals surface area (Å²) in [5.41, 5.74) is 0.743. The molecule has 4 atom stereocenters. The molecule has 6 heteroatoms. The summed E-state index contributed by atoms with van der Waals surface area (Å²) >= 11 is 1.46. The first-order valence-electron chi connectivity index (χ1n) is 6.27. The number of hydrogen-bond donors (Lipinski definition) is 3. The average Bonchev–Trinajstić information content (AvgIpc) is 2.83. The van der Waals surface area contributed by atoms with Gasteiger partial charge in [-0.1, -0.05) is 30.0 Å². The Labute approximate surface area is 115 Å². The van der Waals surface area contributed by atoms with Gasteiger partial charge in [0, 0.05) is 12.1 Å². The van der Waals surface area contributed by atoms with E-state index in [1.807, 2.05) is 30.3 Å². The molecule has 0 spiro atoms. The number of rotatable bonds is 2. The summed E-state index contributed by atoms with van der Waals surface area (Å²) in [6.07, 6.45) is -0.422. The van der Waals surface area contributed by atoms with E-state index in [-0.39, 0.29) is 24.2 Å². The molecule has 0 aliphatic carbocycles. The molecule has 0 bridgehead atoms. The van der Waals surface area contributed by atoms with Crippen LogP contribution in [0, 0.1) is 0 Å². The average molecular weight is 280 g/mol. The standard InChI is InChI=1S/C13H16N2O3S/c16-7-9-6-10(17)11-12(18-9)19-13(15-11)14-8-4-2-1-3-5-8/h1-5,9-12,16-17H,6-7H2,(H,14,15). The molecule has 4 unspecified atom stereocenters. The van der Waals surface area contributed by atoms with E-state index in [0.717, 1.165) is 10.9 Å². The molecule has 2 aliphatic rings. The van der Waals surface area contributed by atoms with Crippen LogP contribution in [0.5, 0.6) is 0 Å². The highest BCUT2D eigenvalue weighted by molar-refractivity contribution is 8.14. The predicted molar refractivity (Wildman–Crippen MR) is 75.2 cm³/mol. The molecule has 0 aromatic heterocycles. The molecule has 2 heterocycles. The van der Waals surface area contributed by atoms with Crippen molar-refractivity contribution in [1.82, 2.24) is 0 Å². The number of aliphatic hydroxyl groups is 2. The van der Waals surface area contributed by atoms with Crippen LogP contribution in [0.15, 0.2) is 35.3 Å². The van der Waals surface area contributed by atoms with E-state index in [0.29, 0.717) is 6.42 Å². The lowest BCUT2D eigenvalue weighted by molar-refractivity contribution is -0.0875. The number of aliphatic imine (C=N–C) groups is 1. The Morgan fingerprint density at radius 3 is 2.89 bits per heavy atom. The van der Waals surface area contributed by atoms with Crippen LogP contribution < -0.4 is 5.32 Å². The van der Waals surface area contributed by atoms with Gasteiger partial charge in [-0.15, -0.1) is 0 Å². The molecule has 1 saturated heterocycles. The molecule has 3 N–H and O–H groups in total. The molecular formula is C13H16N2O3S. The Morgan fingerprint density at radius 2 is 2.16 bits per heavy atom. The molecule has 1 fully saturated rings. The zero-order valence-electron chi connectivity index (χ0n) is 10.3. The topological polar surface area (TPSA) is 74.1 Å². The van der Waals surface area contributed by atoms with Crippen LogP contribution in [0.25, 0.3) is 0 Å². The zero-order chi connectivity index (χ0) is 13.2. The maximum absolute atomic E-state index is 10.0. The number of aliphatic hydroxyl groups excluding tert-OH is 2. The van der Waals surface area contributed by atoms with Crippen LogP contribution >= 0.6 is 11.8 Å². The summed E-state index contributed by atoms with van der Waals surface area (Å²) < 4.78 is 5.70. The van der Waals surface area contributed by atoms with Gasteiger partial charge in [0.2, 0.25) is 0 Å². The molecule has 1 aromatic carbocycles. The second-order valence-corrected chi connectivity index (χ2v) is 5.73. The maximum atomic E-state index is 10.0. The van der Waals surface area contributed by atoms with Crippen molar-refractivity contribution < 1.29 is 14.9 Å². The van der Waals surface area contributed by atoms with E-state index in [2.05, 4.69) is 10.3 Å². The van der Waals surface area contributed by atoms with Crippen molar-refractivity contribution in [2.45, 2.75) is 30.1 Å². The minimum atomic E-state index is -0.557. The van der Waals surface area contributed by atoms with Crippen LogP contribution in [0.1, 0.15) is 6.42 Å². The van der Waals surface area contributed by atoms with Crippen molar-refractivity contribution in [3.8, 4) is 0 Å². The van der Waals surface area contributed by atoms with Crippen molar-refractivity contribution in [3.05, 3.63) is 30.3 Å². The SMILES string of the molecule is OCC1CC(O)C2N=C(Nc3ccccc3)SC2O1. The minimum Gasteiger partial charge on any atom is -0.394 e. The van der Waals surface area contributed by atoms with Gasteiger partial charge < -0.3 is 20.3 Å². The monoisotopic (exact) mass is 280 g/mol. The quantitative estimate of drug-likeness (QED) is 0.755. The number of amidine groups is 1. The lowest BCUT2D eigenvalue weighted by atomic mass is 10.0. The van der Waals surface area contributed by atoms with E-state index in [9.17, 15) is 5.11 Å². The fourth-order valence-corrected chi connectivity index (χ4v) is 3.43. The molecule has 1 aromatic rings. The van der Waals surface area contributed by atoms with E-state index in [1.165, 1.54) is 11.8 Å². The highest BCUT2D eigenvalue weighted by Crippen LogP contribution is 2.36. The van der Waals surface area contributed by atoms with E-state index in [4.69, 9.17) is 9.84 Å². The molecule has 3 rings (SSSR count). The second-order valence-electron chi connectivity index (χ2n) is 4.65. The number of nitrogens with one attached hydrogen (secondary N) is 1. The zero-order valence-corrected chi connectivity index (χ0v) is 11.1. The summed E-state index contributed by atoms with van der Waals surface area (Å²) in [5, 5.41) is 23.1. The number of anilines is 1. The van der Waals surface area contributed by atoms with Gasteiger partial charge in [0.25, 0.3) is 0 Å².